The monoisotopic (exact) mass is 208 g/mol. The van der Waals surface area contributed by atoms with Crippen LogP contribution < -0.4 is 0 Å². The van der Waals surface area contributed by atoms with Gasteiger partial charge in [0.25, 0.3) is 0 Å². The summed E-state index contributed by atoms with van der Waals surface area (Å²) >= 11 is 0. The van der Waals surface area contributed by atoms with Gasteiger partial charge in [-0.2, -0.15) is 5.26 Å². The molecule has 1 aliphatic heterocycles. The van der Waals surface area contributed by atoms with Crippen LogP contribution in [0.4, 0.5) is 0 Å². The van der Waals surface area contributed by atoms with E-state index in [9.17, 15) is 9.90 Å². The number of carbonyl (C=O) groups is 1. The molecule has 0 aromatic heterocycles. The number of nitrogens with zero attached hydrogens (tertiary/aromatic N) is 2. The van der Waals surface area contributed by atoms with Crippen molar-refractivity contribution in [3.8, 4) is 6.07 Å². The van der Waals surface area contributed by atoms with Gasteiger partial charge in [0.05, 0.1) is 12.5 Å². The van der Waals surface area contributed by atoms with Crippen molar-refractivity contribution in [2.24, 2.45) is 11.8 Å². The standard InChI is InChI=1S/C11H16N2O2/c12-6-3-7-13-10(14)8-4-1-2-5-9(8)11(13)15/h8-10,14H,1-5,7H2/t8-,9+,10?/m1/s1. The molecular formula is C11H16N2O2. The Labute approximate surface area is 89.5 Å². The highest BCUT2D eigenvalue weighted by Gasteiger charge is 2.47. The summed E-state index contributed by atoms with van der Waals surface area (Å²) in [5, 5.41) is 18.5. The topological polar surface area (TPSA) is 64.3 Å². The number of hydrogen-bond donors (Lipinski definition) is 1. The van der Waals surface area contributed by atoms with Gasteiger partial charge in [-0.25, -0.2) is 0 Å². The van der Waals surface area contributed by atoms with Crippen molar-refractivity contribution in [1.29, 1.82) is 5.26 Å². The van der Waals surface area contributed by atoms with Crippen LogP contribution in [0.1, 0.15) is 32.1 Å². The summed E-state index contributed by atoms with van der Waals surface area (Å²) in [5.74, 6) is 0.194. The minimum absolute atomic E-state index is 0.0208. The number of aliphatic hydroxyl groups is 1. The van der Waals surface area contributed by atoms with Crippen molar-refractivity contribution in [2.45, 2.75) is 38.3 Å². The van der Waals surface area contributed by atoms with E-state index < -0.39 is 6.23 Å². The Balaban J connectivity index is 2.07. The lowest BCUT2D eigenvalue weighted by Crippen LogP contribution is -2.35. The van der Waals surface area contributed by atoms with Gasteiger partial charge >= 0.3 is 0 Å². The first-order chi connectivity index (χ1) is 7.25. The van der Waals surface area contributed by atoms with Crippen molar-refractivity contribution in [2.75, 3.05) is 6.54 Å². The lowest BCUT2D eigenvalue weighted by molar-refractivity contribution is -0.135. The smallest absolute Gasteiger partial charge is 0.228 e. The third-order valence-corrected chi connectivity index (χ3v) is 3.59. The lowest BCUT2D eigenvalue weighted by Gasteiger charge is -2.25. The molecule has 1 unspecified atom stereocenters. The maximum Gasteiger partial charge on any atom is 0.228 e. The van der Waals surface area contributed by atoms with E-state index >= 15 is 0 Å². The normalized spacial score (nSPS) is 35.1. The van der Waals surface area contributed by atoms with E-state index in [0.29, 0.717) is 13.0 Å². The summed E-state index contributed by atoms with van der Waals surface area (Å²) in [5.41, 5.74) is 0. The molecule has 0 bridgehead atoms. The maximum atomic E-state index is 11.9. The van der Waals surface area contributed by atoms with Crippen LogP contribution in [0.5, 0.6) is 0 Å². The summed E-state index contributed by atoms with van der Waals surface area (Å²) in [6.45, 7) is 0.378. The van der Waals surface area contributed by atoms with Gasteiger partial charge in [-0.3, -0.25) is 4.79 Å². The van der Waals surface area contributed by atoms with Crippen molar-refractivity contribution in [3.05, 3.63) is 0 Å². The number of aliphatic hydroxyl groups excluding tert-OH is 1. The quantitative estimate of drug-likeness (QED) is 0.732. The number of likely N-dealkylation sites (tertiary alicyclic amines) is 1. The summed E-state index contributed by atoms with van der Waals surface area (Å²) in [7, 11) is 0. The maximum absolute atomic E-state index is 11.9. The van der Waals surface area contributed by atoms with Crippen LogP contribution in [-0.2, 0) is 4.79 Å². The third kappa shape index (κ3) is 1.72. The van der Waals surface area contributed by atoms with Gasteiger partial charge in [0.2, 0.25) is 5.91 Å². The first-order valence-corrected chi connectivity index (χ1v) is 5.61. The van der Waals surface area contributed by atoms with Gasteiger partial charge in [-0.15, -0.1) is 0 Å². The highest BCUT2D eigenvalue weighted by atomic mass is 16.3. The summed E-state index contributed by atoms with van der Waals surface area (Å²) in [6, 6.07) is 2.01. The Bertz CT molecular complexity index is 297. The summed E-state index contributed by atoms with van der Waals surface area (Å²) in [4.78, 5) is 13.4. The van der Waals surface area contributed by atoms with E-state index in [1.807, 2.05) is 6.07 Å². The Morgan fingerprint density at radius 3 is 2.87 bits per heavy atom. The minimum Gasteiger partial charge on any atom is -0.373 e. The molecule has 0 aromatic carbocycles. The molecule has 0 spiro atoms. The van der Waals surface area contributed by atoms with Crippen LogP contribution in [0, 0.1) is 23.2 Å². The zero-order chi connectivity index (χ0) is 10.8. The van der Waals surface area contributed by atoms with E-state index in [0.717, 1.165) is 25.7 Å². The van der Waals surface area contributed by atoms with Crippen molar-refractivity contribution in [3.63, 3.8) is 0 Å². The first-order valence-electron chi connectivity index (χ1n) is 5.61. The van der Waals surface area contributed by atoms with Crippen LogP contribution in [-0.4, -0.2) is 28.7 Å². The molecular weight excluding hydrogens is 192 g/mol. The Hall–Kier alpha value is -1.08. The zero-order valence-corrected chi connectivity index (χ0v) is 8.72. The van der Waals surface area contributed by atoms with Crippen LogP contribution in [0.15, 0.2) is 0 Å². The predicted octanol–water partition coefficient (Wildman–Crippen LogP) is 0.867. The SMILES string of the molecule is N#CCCN1C(=O)[C@H]2CCCC[C@H]2C1O. The Kier molecular flexibility index (Phi) is 2.92. The second kappa shape index (κ2) is 4.19. The zero-order valence-electron chi connectivity index (χ0n) is 8.72. The summed E-state index contributed by atoms with van der Waals surface area (Å²) < 4.78 is 0. The Morgan fingerprint density at radius 1 is 1.47 bits per heavy atom. The van der Waals surface area contributed by atoms with Crippen molar-refractivity contribution < 1.29 is 9.90 Å². The van der Waals surface area contributed by atoms with Gasteiger partial charge < -0.3 is 10.0 Å². The average molecular weight is 208 g/mol. The second-order valence-electron chi connectivity index (χ2n) is 4.41. The van der Waals surface area contributed by atoms with E-state index in [1.54, 1.807) is 0 Å². The van der Waals surface area contributed by atoms with Crippen LogP contribution in [0.3, 0.4) is 0 Å². The molecule has 0 radical (unpaired) electrons. The fraction of sp³-hybridized carbons (Fsp3) is 0.818. The predicted molar refractivity (Wildman–Crippen MR) is 53.4 cm³/mol. The molecule has 1 saturated heterocycles. The molecule has 4 nitrogen and oxygen atoms in total. The molecule has 2 rings (SSSR count). The first kappa shape index (κ1) is 10.4. The van der Waals surface area contributed by atoms with Crippen LogP contribution >= 0.6 is 0 Å². The van der Waals surface area contributed by atoms with E-state index in [-0.39, 0.29) is 17.7 Å². The lowest BCUT2D eigenvalue weighted by atomic mass is 9.81. The minimum atomic E-state index is -0.642. The molecule has 2 aliphatic rings. The highest BCUT2D eigenvalue weighted by Crippen LogP contribution is 2.40. The molecule has 2 fully saturated rings. The van der Waals surface area contributed by atoms with Crippen LogP contribution in [0.25, 0.3) is 0 Å². The molecule has 1 aliphatic carbocycles. The van der Waals surface area contributed by atoms with Crippen LogP contribution in [0.2, 0.25) is 0 Å². The van der Waals surface area contributed by atoms with Crippen molar-refractivity contribution >= 4 is 5.91 Å². The van der Waals surface area contributed by atoms with E-state index in [2.05, 4.69) is 0 Å². The van der Waals surface area contributed by atoms with Gasteiger partial charge in [-0.1, -0.05) is 12.8 Å². The molecule has 0 aromatic rings. The molecule has 1 saturated carbocycles. The number of amides is 1. The van der Waals surface area contributed by atoms with Gasteiger partial charge in [0.1, 0.15) is 6.23 Å². The number of fused-ring (bicyclic) bond motifs is 1. The van der Waals surface area contributed by atoms with Crippen molar-refractivity contribution in [1.82, 2.24) is 4.90 Å². The van der Waals surface area contributed by atoms with Gasteiger partial charge in [0.15, 0.2) is 0 Å². The number of nitriles is 1. The number of hydrogen-bond acceptors (Lipinski definition) is 3. The Morgan fingerprint density at radius 2 is 2.20 bits per heavy atom. The fourth-order valence-electron chi connectivity index (χ4n) is 2.81. The third-order valence-electron chi connectivity index (χ3n) is 3.59. The molecule has 82 valence electrons. The number of carbonyl (C=O) groups excluding carboxylic acids is 1. The molecule has 1 heterocycles. The van der Waals surface area contributed by atoms with Gasteiger partial charge in [0, 0.05) is 18.4 Å². The molecule has 3 atom stereocenters. The molecule has 15 heavy (non-hydrogen) atoms. The van der Waals surface area contributed by atoms with E-state index in [1.165, 1.54) is 4.90 Å². The molecule has 1 N–H and O–H groups in total. The average Bonchev–Trinajstić information content (AvgIpc) is 2.51. The summed E-state index contributed by atoms with van der Waals surface area (Å²) in [6.07, 6.45) is 3.71. The van der Waals surface area contributed by atoms with E-state index in [4.69, 9.17) is 5.26 Å². The highest BCUT2D eigenvalue weighted by molar-refractivity contribution is 5.81. The second-order valence-corrected chi connectivity index (χ2v) is 4.41. The molecule has 4 heteroatoms. The fourth-order valence-corrected chi connectivity index (χ4v) is 2.81. The largest absolute Gasteiger partial charge is 0.373 e. The van der Waals surface area contributed by atoms with Gasteiger partial charge in [-0.05, 0) is 12.8 Å². The number of rotatable bonds is 2. The molecule has 1 amide bonds.